The Kier molecular flexibility index (Phi) is 4.01. The molecule has 1 saturated heterocycles. The summed E-state index contributed by atoms with van der Waals surface area (Å²) in [5, 5.41) is 19.9. The molecule has 0 bridgehead atoms. The van der Waals surface area contributed by atoms with Crippen LogP contribution < -0.4 is 11.2 Å². The van der Waals surface area contributed by atoms with E-state index >= 15 is 0 Å². The molecule has 10 heteroatoms. The van der Waals surface area contributed by atoms with Crippen molar-refractivity contribution in [2.75, 3.05) is 11.1 Å². The van der Waals surface area contributed by atoms with E-state index in [-0.39, 0.29) is 4.43 Å². The van der Waals surface area contributed by atoms with Crippen molar-refractivity contribution >= 4 is 22.6 Å². The van der Waals surface area contributed by atoms with Crippen LogP contribution in [-0.4, -0.2) is 48.4 Å². The van der Waals surface area contributed by atoms with Crippen LogP contribution in [0.1, 0.15) is 6.23 Å². The van der Waals surface area contributed by atoms with Crippen LogP contribution in [-0.2, 0) is 4.74 Å². The van der Waals surface area contributed by atoms with Crippen molar-refractivity contribution < 1.29 is 23.7 Å². The Morgan fingerprint density at radius 3 is 2.70 bits per heavy atom. The van der Waals surface area contributed by atoms with Gasteiger partial charge in [-0.2, -0.15) is 0 Å². The van der Waals surface area contributed by atoms with Crippen LogP contribution in [0.4, 0.5) is 8.78 Å². The molecule has 2 heterocycles. The number of halogens is 3. The molecule has 0 amide bonds. The maximum absolute atomic E-state index is 14.3. The van der Waals surface area contributed by atoms with Gasteiger partial charge in [0.05, 0.1) is 4.43 Å². The van der Waals surface area contributed by atoms with Gasteiger partial charge in [0.15, 0.2) is 11.8 Å². The van der Waals surface area contributed by atoms with Gasteiger partial charge in [-0.3, -0.25) is 14.3 Å². The highest BCUT2D eigenvalue weighted by Crippen LogP contribution is 2.45. The predicted molar refractivity (Wildman–Crippen MR) is 71.1 cm³/mol. The number of H-pyrrole nitrogens is 1. The number of alkyl halides is 3. The van der Waals surface area contributed by atoms with Crippen molar-refractivity contribution in [1.29, 1.82) is 0 Å². The molecule has 4 atom stereocenters. The van der Waals surface area contributed by atoms with Crippen molar-refractivity contribution in [1.82, 2.24) is 9.55 Å². The Hall–Kier alpha value is -0.850. The monoisotopic (exact) mass is 404 g/mol. The number of nitrogens with zero attached hydrogens (tertiary/aromatic N) is 1. The average Bonchev–Trinajstić information content (AvgIpc) is 2.62. The van der Waals surface area contributed by atoms with E-state index in [1.54, 1.807) is 22.6 Å². The van der Waals surface area contributed by atoms with E-state index in [2.05, 4.69) is 0 Å². The van der Waals surface area contributed by atoms with Gasteiger partial charge in [0.25, 0.3) is 5.56 Å². The van der Waals surface area contributed by atoms with Crippen molar-refractivity contribution in [3.8, 4) is 0 Å². The number of aliphatic hydroxyl groups excluding tert-OH is 1. The smallest absolute Gasteiger partial charge is 0.330 e. The number of hydrogen-bond acceptors (Lipinski definition) is 5. The molecule has 0 spiro atoms. The molecule has 0 aromatic carbocycles. The Bertz CT molecular complexity index is 622. The van der Waals surface area contributed by atoms with E-state index < -0.39 is 41.7 Å². The first kappa shape index (κ1) is 15.5. The molecule has 0 radical (unpaired) electrons. The summed E-state index contributed by atoms with van der Waals surface area (Å²) in [5.41, 5.74) is -4.37. The van der Waals surface area contributed by atoms with E-state index in [4.69, 9.17) is 4.74 Å². The number of aliphatic hydroxyl groups is 2. The summed E-state index contributed by atoms with van der Waals surface area (Å²) in [6.07, 6.45) is -3.05. The first-order valence-electron chi connectivity index (χ1n) is 5.49. The maximum Gasteiger partial charge on any atom is 0.330 e. The van der Waals surface area contributed by atoms with Crippen molar-refractivity contribution in [2.24, 2.45) is 0 Å². The number of rotatable bonds is 3. The molecule has 1 aliphatic heterocycles. The molecule has 0 aliphatic carbocycles. The molecule has 1 aliphatic rings. The standard InChI is InChI=1S/C10H11F2IN2O5/c11-3-9(19)6(17)10(12,4-13)20-7(9)15-2-1-5(16)14-8(15)18/h1-2,6-7,17,19H,3-4H2,(H,14,16,18)/t6-,7+,9+,10+/m0/s1. The number of nitrogens with one attached hydrogen (secondary N) is 1. The summed E-state index contributed by atoms with van der Waals surface area (Å²) in [6.45, 7) is -1.54. The fraction of sp³-hybridized carbons (Fsp3) is 0.600. The second-order valence-electron chi connectivity index (χ2n) is 4.43. The number of aromatic nitrogens is 2. The highest BCUT2D eigenvalue weighted by atomic mass is 127. The molecule has 0 unspecified atom stereocenters. The molecule has 1 fully saturated rings. The Labute approximate surface area is 124 Å². The molecule has 0 saturated carbocycles. The molecule has 3 N–H and O–H groups in total. The summed E-state index contributed by atoms with van der Waals surface area (Å²) >= 11 is 1.56. The molecule has 1 aromatic heterocycles. The van der Waals surface area contributed by atoms with E-state index in [1.165, 1.54) is 0 Å². The topological polar surface area (TPSA) is 105 Å². The lowest BCUT2D eigenvalue weighted by molar-refractivity contribution is -0.169. The molecule has 20 heavy (non-hydrogen) atoms. The summed E-state index contributed by atoms with van der Waals surface area (Å²) in [7, 11) is 0. The molecule has 7 nitrogen and oxygen atoms in total. The first-order valence-corrected chi connectivity index (χ1v) is 7.01. The molecular weight excluding hydrogens is 393 g/mol. The van der Waals surface area contributed by atoms with E-state index in [0.29, 0.717) is 4.57 Å². The van der Waals surface area contributed by atoms with Crippen molar-refractivity contribution in [3.05, 3.63) is 33.1 Å². The minimum Gasteiger partial charge on any atom is -0.384 e. The van der Waals surface area contributed by atoms with Crippen LogP contribution in [0.2, 0.25) is 0 Å². The zero-order valence-corrected chi connectivity index (χ0v) is 12.1. The van der Waals surface area contributed by atoms with Crippen molar-refractivity contribution in [2.45, 2.75) is 23.8 Å². The lowest BCUT2D eigenvalue weighted by atomic mass is 9.95. The van der Waals surface area contributed by atoms with Gasteiger partial charge < -0.3 is 14.9 Å². The van der Waals surface area contributed by atoms with Crippen molar-refractivity contribution in [3.63, 3.8) is 0 Å². The minimum absolute atomic E-state index is 0.386. The number of aromatic amines is 1. The number of hydrogen-bond donors (Lipinski definition) is 3. The van der Waals surface area contributed by atoms with Gasteiger partial charge in [-0.1, -0.05) is 22.6 Å². The zero-order valence-electron chi connectivity index (χ0n) is 9.92. The fourth-order valence-electron chi connectivity index (χ4n) is 2.01. The van der Waals surface area contributed by atoms with E-state index in [1.807, 2.05) is 4.98 Å². The largest absolute Gasteiger partial charge is 0.384 e. The molecule has 2 rings (SSSR count). The third-order valence-electron chi connectivity index (χ3n) is 3.12. The predicted octanol–water partition coefficient (Wildman–Crippen LogP) is -0.772. The first-order chi connectivity index (χ1) is 9.28. The summed E-state index contributed by atoms with van der Waals surface area (Å²) in [6, 6.07) is 0.929. The van der Waals surface area contributed by atoms with E-state index in [0.717, 1.165) is 12.3 Å². The van der Waals surface area contributed by atoms with Gasteiger partial charge in [0, 0.05) is 12.3 Å². The van der Waals surface area contributed by atoms with E-state index in [9.17, 15) is 28.6 Å². The van der Waals surface area contributed by atoms with Crippen LogP contribution in [0.15, 0.2) is 21.9 Å². The van der Waals surface area contributed by atoms with Crippen LogP contribution in [0.3, 0.4) is 0 Å². The Morgan fingerprint density at radius 1 is 1.55 bits per heavy atom. The second kappa shape index (κ2) is 5.16. The van der Waals surface area contributed by atoms with Gasteiger partial charge in [-0.15, -0.1) is 0 Å². The van der Waals surface area contributed by atoms with Gasteiger partial charge >= 0.3 is 5.69 Å². The SMILES string of the molecule is O=c1ccn([C@@H]2O[C@](F)(CI)[C@@H](O)[C@]2(O)CF)c(=O)[nH]1. The van der Waals surface area contributed by atoms with Crippen LogP contribution >= 0.6 is 22.6 Å². The lowest BCUT2D eigenvalue weighted by Gasteiger charge is -2.28. The van der Waals surface area contributed by atoms with Gasteiger partial charge in [-0.05, 0) is 0 Å². The molecule has 112 valence electrons. The lowest BCUT2D eigenvalue weighted by Crippen LogP contribution is -2.52. The Balaban J connectivity index is 2.55. The van der Waals surface area contributed by atoms with Gasteiger partial charge in [0.1, 0.15) is 12.8 Å². The van der Waals surface area contributed by atoms with Crippen LogP contribution in [0.5, 0.6) is 0 Å². The quantitative estimate of drug-likeness (QED) is 0.454. The maximum atomic E-state index is 14.3. The Morgan fingerprint density at radius 2 is 2.20 bits per heavy atom. The van der Waals surface area contributed by atoms with Gasteiger partial charge in [-0.25, -0.2) is 13.6 Å². The van der Waals surface area contributed by atoms with Gasteiger partial charge in [0.2, 0.25) is 5.85 Å². The average molecular weight is 404 g/mol. The normalized spacial score (nSPS) is 37.2. The second-order valence-corrected chi connectivity index (χ2v) is 5.20. The third-order valence-corrected chi connectivity index (χ3v) is 4.16. The summed E-state index contributed by atoms with van der Waals surface area (Å²) in [4.78, 5) is 24.5. The number of ether oxygens (including phenoxy) is 1. The third kappa shape index (κ3) is 2.19. The zero-order chi connectivity index (χ0) is 15.1. The summed E-state index contributed by atoms with van der Waals surface area (Å²) < 4.78 is 32.5. The van der Waals surface area contributed by atoms with Crippen LogP contribution in [0.25, 0.3) is 0 Å². The molecule has 1 aromatic rings. The highest BCUT2D eigenvalue weighted by Gasteiger charge is 2.65. The fourth-order valence-corrected chi connectivity index (χ4v) is 2.61. The van der Waals surface area contributed by atoms with Crippen LogP contribution in [0, 0.1) is 0 Å². The minimum atomic E-state index is -2.71. The molecular formula is C10H11F2IN2O5. The highest BCUT2D eigenvalue weighted by molar-refractivity contribution is 14.1. The summed E-state index contributed by atoms with van der Waals surface area (Å²) in [5.74, 6) is -2.71.